The molecular weight excluding hydrogens is 225 g/mol. The fraction of sp³-hybridized carbons (Fsp3) is 0.143. The molecule has 0 fully saturated rings. The normalized spacial score (nSPS) is 11.3. The molecule has 0 aliphatic heterocycles. The third-order valence-corrected chi connectivity index (χ3v) is 3.61. The monoisotopic (exact) mass is 239 g/mol. The summed E-state index contributed by atoms with van der Waals surface area (Å²) in [4.78, 5) is 3.36. The van der Waals surface area contributed by atoms with Gasteiger partial charge in [-0.2, -0.15) is 0 Å². The van der Waals surface area contributed by atoms with E-state index in [1.807, 2.05) is 44.2 Å². The Balaban J connectivity index is 2.58. The minimum absolute atomic E-state index is 0.561. The molecule has 0 unspecified atom stereocenters. The van der Waals surface area contributed by atoms with E-state index in [2.05, 4.69) is 4.98 Å². The van der Waals surface area contributed by atoms with Gasteiger partial charge in [-0.3, -0.25) is 0 Å². The van der Waals surface area contributed by atoms with Crippen molar-refractivity contribution in [2.75, 3.05) is 0 Å². The molecule has 0 radical (unpaired) electrons. The summed E-state index contributed by atoms with van der Waals surface area (Å²) in [5.74, 6) is 0. The second-order valence-electron chi connectivity index (χ2n) is 4.70. The fourth-order valence-corrected chi connectivity index (χ4v) is 2.54. The molecule has 90 valence electrons. The van der Waals surface area contributed by atoms with Crippen LogP contribution in [0.5, 0.6) is 0 Å². The van der Waals surface area contributed by atoms with Crippen LogP contribution >= 0.6 is 0 Å². The van der Waals surface area contributed by atoms with Crippen molar-refractivity contribution >= 4 is 34.4 Å². The lowest BCUT2D eigenvalue weighted by atomic mass is 9.76. The highest BCUT2D eigenvalue weighted by Crippen LogP contribution is 2.27. The number of aromatic amines is 1. The first-order chi connectivity index (χ1) is 8.59. The average Bonchev–Trinajstić information content (AvgIpc) is 2.73. The van der Waals surface area contributed by atoms with E-state index < -0.39 is 7.12 Å². The van der Waals surface area contributed by atoms with E-state index in [0.29, 0.717) is 5.46 Å². The van der Waals surface area contributed by atoms with Crippen molar-refractivity contribution in [1.82, 2.24) is 4.98 Å². The van der Waals surface area contributed by atoms with Gasteiger partial charge in [0.05, 0.1) is 0 Å². The average molecular weight is 239 g/mol. The Morgan fingerprint density at radius 3 is 2.56 bits per heavy atom. The third kappa shape index (κ3) is 1.46. The summed E-state index contributed by atoms with van der Waals surface area (Å²) >= 11 is 0. The maximum Gasteiger partial charge on any atom is 0.489 e. The van der Waals surface area contributed by atoms with Gasteiger partial charge in [-0.05, 0) is 36.5 Å². The maximum atomic E-state index is 9.56. The fourth-order valence-electron chi connectivity index (χ4n) is 2.54. The van der Waals surface area contributed by atoms with E-state index in [-0.39, 0.29) is 0 Å². The van der Waals surface area contributed by atoms with Crippen LogP contribution in [0.3, 0.4) is 0 Å². The van der Waals surface area contributed by atoms with Crippen LogP contribution in [0.25, 0.3) is 21.8 Å². The molecule has 1 aromatic heterocycles. The number of para-hydroxylation sites is 1. The van der Waals surface area contributed by atoms with Crippen molar-refractivity contribution in [2.24, 2.45) is 0 Å². The summed E-state index contributed by atoms with van der Waals surface area (Å²) in [6.07, 6.45) is 0. The van der Waals surface area contributed by atoms with Crippen molar-refractivity contribution in [1.29, 1.82) is 0 Å². The number of aromatic nitrogens is 1. The lowest BCUT2D eigenvalue weighted by Crippen LogP contribution is -2.30. The highest BCUT2D eigenvalue weighted by atomic mass is 16.4. The maximum absolute atomic E-state index is 9.56. The number of aryl methyl sites for hydroxylation is 2. The Morgan fingerprint density at radius 2 is 1.83 bits per heavy atom. The Morgan fingerprint density at radius 1 is 1.11 bits per heavy atom. The number of nitrogens with one attached hydrogen (secondary N) is 1. The quantitative estimate of drug-likeness (QED) is 0.565. The number of hydrogen-bond acceptors (Lipinski definition) is 2. The van der Waals surface area contributed by atoms with Gasteiger partial charge in [0, 0.05) is 21.8 Å². The molecule has 0 spiro atoms. The molecule has 3 rings (SSSR count). The summed E-state index contributed by atoms with van der Waals surface area (Å²) in [5, 5.41) is 21.0. The largest absolute Gasteiger partial charge is 0.489 e. The Bertz CT molecular complexity index is 746. The molecular formula is C14H14BNO2. The Labute approximate surface area is 105 Å². The van der Waals surface area contributed by atoms with Crippen LogP contribution in [0, 0.1) is 13.8 Å². The highest BCUT2D eigenvalue weighted by Gasteiger charge is 2.20. The molecule has 2 aromatic carbocycles. The number of H-pyrrole nitrogens is 1. The smallest absolute Gasteiger partial charge is 0.423 e. The summed E-state index contributed by atoms with van der Waals surface area (Å²) in [6, 6.07) is 9.77. The molecule has 0 saturated carbocycles. The first-order valence-corrected chi connectivity index (χ1v) is 5.96. The van der Waals surface area contributed by atoms with Crippen molar-refractivity contribution in [3.05, 3.63) is 41.5 Å². The van der Waals surface area contributed by atoms with Gasteiger partial charge in [-0.1, -0.05) is 24.3 Å². The van der Waals surface area contributed by atoms with Crippen LogP contribution in [0.2, 0.25) is 0 Å². The topological polar surface area (TPSA) is 56.2 Å². The number of benzene rings is 2. The standard InChI is InChI=1S/C14H14BNO2/c1-8-7-11(15(17)18)13-10-5-3-4-6-12(10)16-14(13)9(8)2/h3-7,16-18H,1-2H3. The SMILES string of the molecule is Cc1cc(B(O)O)c2c([nH]c3ccccc32)c1C. The first-order valence-electron chi connectivity index (χ1n) is 5.96. The molecule has 0 atom stereocenters. The second-order valence-corrected chi connectivity index (χ2v) is 4.70. The van der Waals surface area contributed by atoms with Gasteiger partial charge in [0.1, 0.15) is 0 Å². The highest BCUT2D eigenvalue weighted by molar-refractivity contribution is 6.63. The van der Waals surface area contributed by atoms with Crippen LogP contribution in [-0.4, -0.2) is 22.2 Å². The van der Waals surface area contributed by atoms with Crippen molar-refractivity contribution in [3.8, 4) is 0 Å². The lowest BCUT2D eigenvalue weighted by molar-refractivity contribution is 0.426. The van der Waals surface area contributed by atoms with Crippen LogP contribution in [0.15, 0.2) is 30.3 Å². The predicted molar refractivity (Wildman–Crippen MR) is 75.1 cm³/mol. The molecule has 4 heteroatoms. The van der Waals surface area contributed by atoms with Gasteiger partial charge in [0.25, 0.3) is 0 Å². The zero-order valence-electron chi connectivity index (χ0n) is 10.4. The third-order valence-electron chi connectivity index (χ3n) is 3.61. The molecule has 3 N–H and O–H groups in total. The second kappa shape index (κ2) is 3.87. The molecule has 0 aliphatic carbocycles. The van der Waals surface area contributed by atoms with Gasteiger partial charge in [0.15, 0.2) is 0 Å². The number of fused-ring (bicyclic) bond motifs is 3. The summed E-state index contributed by atoms with van der Waals surface area (Å²) in [5.41, 5.74) is 4.76. The molecule has 3 aromatic rings. The van der Waals surface area contributed by atoms with Crippen LogP contribution in [0.1, 0.15) is 11.1 Å². The van der Waals surface area contributed by atoms with Crippen molar-refractivity contribution in [3.63, 3.8) is 0 Å². The zero-order chi connectivity index (χ0) is 12.9. The van der Waals surface area contributed by atoms with E-state index in [0.717, 1.165) is 32.9 Å². The van der Waals surface area contributed by atoms with Crippen LogP contribution < -0.4 is 5.46 Å². The van der Waals surface area contributed by atoms with E-state index in [9.17, 15) is 10.0 Å². The molecule has 3 nitrogen and oxygen atoms in total. The van der Waals surface area contributed by atoms with Gasteiger partial charge in [0.2, 0.25) is 0 Å². The number of rotatable bonds is 1. The minimum atomic E-state index is -1.45. The first kappa shape index (κ1) is 11.3. The van der Waals surface area contributed by atoms with Gasteiger partial charge >= 0.3 is 7.12 Å². The molecule has 1 heterocycles. The molecule has 0 saturated heterocycles. The predicted octanol–water partition coefficient (Wildman–Crippen LogP) is 1.62. The Kier molecular flexibility index (Phi) is 2.43. The van der Waals surface area contributed by atoms with Gasteiger partial charge < -0.3 is 15.0 Å². The van der Waals surface area contributed by atoms with Crippen molar-refractivity contribution < 1.29 is 10.0 Å². The lowest BCUT2D eigenvalue weighted by Gasteiger charge is -2.08. The van der Waals surface area contributed by atoms with Crippen LogP contribution in [0.4, 0.5) is 0 Å². The Hall–Kier alpha value is -1.78. The van der Waals surface area contributed by atoms with Gasteiger partial charge in [-0.15, -0.1) is 0 Å². The minimum Gasteiger partial charge on any atom is -0.423 e. The van der Waals surface area contributed by atoms with Crippen molar-refractivity contribution in [2.45, 2.75) is 13.8 Å². The molecule has 0 bridgehead atoms. The van der Waals surface area contributed by atoms with E-state index >= 15 is 0 Å². The van der Waals surface area contributed by atoms with Crippen LogP contribution in [-0.2, 0) is 0 Å². The summed E-state index contributed by atoms with van der Waals surface area (Å²) in [6.45, 7) is 4.02. The molecule has 0 aliphatic rings. The summed E-state index contributed by atoms with van der Waals surface area (Å²) < 4.78 is 0. The van der Waals surface area contributed by atoms with E-state index in [1.165, 1.54) is 0 Å². The number of hydrogen-bond donors (Lipinski definition) is 3. The van der Waals surface area contributed by atoms with E-state index in [4.69, 9.17) is 0 Å². The zero-order valence-corrected chi connectivity index (χ0v) is 10.4. The van der Waals surface area contributed by atoms with E-state index in [1.54, 1.807) is 0 Å². The van der Waals surface area contributed by atoms with Gasteiger partial charge in [-0.25, -0.2) is 0 Å². The molecule has 0 amide bonds. The summed E-state index contributed by atoms with van der Waals surface area (Å²) in [7, 11) is -1.45. The molecule has 18 heavy (non-hydrogen) atoms.